The number of nitrogens with one attached hydrogen (secondary N) is 2. The van der Waals surface area contributed by atoms with Crippen LogP contribution in [0.5, 0.6) is 0 Å². The Kier molecular flexibility index (Phi) is 3.00. The molecule has 0 aliphatic rings. The number of hydrogen-bond donors (Lipinski definition) is 2. The lowest BCUT2D eigenvalue weighted by atomic mass is 10.2. The van der Waals surface area contributed by atoms with E-state index in [1.165, 1.54) is 12.4 Å². The molecule has 92 valence electrons. The van der Waals surface area contributed by atoms with Crippen LogP contribution in [0.4, 0.5) is 15.8 Å². The van der Waals surface area contributed by atoms with Crippen molar-refractivity contribution in [2.75, 3.05) is 5.32 Å². The van der Waals surface area contributed by atoms with Crippen molar-refractivity contribution in [2.45, 2.75) is 0 Å². The molecule has 18 heavy (non-hydrogen) atoms. The van der Waals surface area contributed by atoms with E-state index >= 15 is 0 Å². The largest absolute Gasteiger partial charge is 0.316 e. The molecule has 2 rings (SSSR count). The van der Waals surface area contributed by atoms with Gasteiger partial charge in [0.15, 0.2) is 0 Å². The van der Waals surface area contributed by atoms with Crippen molar-refractivity contribution in [3.8, 4) is 0 Å². The number of nitro groups is 1. The van der Waals surface area contributed by atoms with E-state index in [2.05, 4.69) is 15.5 Å². The summed E-state index contributed by atoms with van der Waals surface area (Å²) in [5.41, 5.74) is -0.395. The molecule has 1 heterocycles. The molecule has 1 aromatic heterocycles. The van der Waals surface area contributed by atoms with Gasteiger partial charge in [0.2, 0.25) is 0 Å². The summed E-state index contributed by atoms with van der Waals surface area (Å²) in [5, 5.41) is 19.0. The van der Waals surface area contributed by atoms with E-state index < -0.39 is 16.6 Å². The van der Waals surface area contributed by atoms with Gasteiger partial charge in [-0.1, -0.05) is 0 Å². The zero-order chi connectivity index (χ0) is 13.1. The number of H-pyrrole nitrogens is 1. The van der Waals surface area contributed by atoms with Crippen molar-refractivity contribution >= 4 is 17.3 Å². The number of halogens is 1. The first-order valence-electron chi connectivity index (χ1n) is 4.82. The normalized spacial score (nSPS) is 10.1. The zero-order valence-corrected chi connectivity index (χ0v) is 8.88. The number of amides is 1. The Morgan fingerprint density at radius 3 is 2.89 bits per heavy atom. The maximum atomic E-state index is 13.0. The van der Waals surface area contributed by atoms with E-state index in [1.54, 1.807) is 0 Å². The number of nitrogens with zero attached hydrogens (tertiary/aromatic N) is 2. The van der Waals surface area contributed by atoms with Crippen LogP contribution in [0.25, 0.3) is 0 Å². The van der Waals surface area contributed by atoms with Gasteiger partial charge in [0.25, 0.3) is 11.6 Å². The Morgan fingerprint density at radius 2 is 2.28 bits per heavy atom. The quantitative estimate of drug-likeness (QED) is 0.639. The molecule has 0 atom stereocenters. The van der Waals surface area contributed by atoms with Crippen molar-refractivity contribution in [1.29, 1.82) is 0 Å². The first-order chi connectivity index (χ1) is 8.58. The summed E-state index contributed by atoms with van der Waals surface area (Å²) in [4.78, 5) is 21.7. The van der Waals surface area contributed by atoms with Crippen LogP contribution in [0.3, 0.4) is 0 Å². The average Bonchev–Trinajstić information content (AvgIpc) is 2.81. The Bertz CT molecular complexity index is 597. The molecule has 0 radical (unpaired) electrons. The van der Waals surface area contributed by atoms with Gasteiger partial charge in [0, 0.05) is 18.3 Å². The van der Waals surface area contributed by atoms with E-state index in [1.807, 2.05) is 0 Å². The van der Waals surface area contributed by atoms with E-state index in [4.69, 9.17) is 0 Å². The number of aromatic nitrogens is 2. The molecule has 0 unspecified atom stereocenters. The highest BCUT2D eigenvalue weighted by atomic mass is 19.1. The predicted molar refractivity (Wildman–Crippen MR) is 59.6 cm³/mol. The lowest BCUT2D eigenvalue weighted by Crippen LogP contribution is -2.12. The number of carbonyl (C=O) groups excluding carboxylic acids is 1. The van der Waals surface area contributed by atoms with Crippen LogP contribution in [0.1, 0.15) is 10.4 Å². The van der Waals surface area contributed by atoms with Gasteiger partial charge in [-0.05, 0) is 6.07 Å². The first kappa shape index (κ1) is 11.7. The highest BCUT2D eigenvalue weighted by Gasteiger charge is 2.17. The molecule has 7 nitrogen and oxygen atoms in total. The monoisotopic (exact) mass is 250 g/mol. The van der Waals surface area contributed by atoms with Crippen LogP contribution in [-0.2, 0) is 0 Å². The number of aromatic amines is 1. The van der Waals surface area contributed by atoms with E-state index in [-0.39, 0.29) is 16.9 Å². The zero-order valence-electron chi connectivity index (χ0n) is 8.88. The molecule has 0 bridgehead atoms. The summed E-state index contributed by atoms with van der Waals surface area (Å²) in [7, 11) is 0. The maximum absolute atomic E-state index is 13.0. The summed E-state index contributed by atoms with van der Waals surface area (Å²) < 4.78 is 13.0. The van der Waals surface area contributed by atoms with Crippen LogP contribution >= 0.6 is 0 Å². The van der Waals surface area contributed by atoms with Gasteiger partial charge in [-0.3, -0.25) is 20.0 Å². The second-order valence-electron chi connectivity index (χ2n) is 3.36. The van der Waals surface area contributed by atoms with E-state index in [0.29, 0.717) is 0 Å². The fourth-order valence-electron chi connectivity index (χ4n) is 1.34. The van der Waals surface area contributed by atoms with Gasteiger partial charge in [0.1, 0.15) is 11.5 Å². The van der Waals surface area contributed by atoms with Gasteiger partial charge >= 0.3 is 0 Å². The fraction of sp³-hybridized carbons (Fsp3) is 0. The number of rotatable bonds is 3. The van der Waals surface area contributed by atoms with Crippen LogP contribution < -0.4 is 5.32 Å². The van der Waals surface area contributed by atoms with Crippen molar-refractivity contribution in [3.63, 3.8) is 0 Å². The number of benzene rings is 1. The number of anilines is 1. The second kappa shape index (κ2) is 4.62. The van der Waals surface area contributed by atoms with Crippen LogP contribution in [0, 0.1) is 15.9 Å². The topological polar surface area (TPSA) is 101 Å². The van der Waals surface area contributed by atoms with Gasteiger partial charge in [0.05, 0.1) is 16.7 Å². The van der Waals surface area contributed by atoms with Crippen LogP contribution in [-0.4, -0.2) is 21.0 Å². The molecule has 8 heteroatoms. The molecule has 0 saturated heterocycles. The molecule has 2 N–H and O–H groups in total. The summed E-state index contributed by atoms with van der Waals surface area (Å²) in [6.07, 6.45) is 2.57. The highest BCUT2D eigenvalue weighted by molar-refractivity contribution is 6.05. The summed E-state index contributed by atoms with van der Waals surface area (Å²) >= 11 is 0. The molecular formula is C10H7FN4O3. The Labute approximate surface area is 99.8 Å². The third-order valence-electron chi connectivity index (χ3n) is 2.16. The first-order valence-corrected chi connectivity index (χ1v) is 4.82. The molecular weight excluding hydrogens is 243 g/mol. The molecule has 2 aromatic rings. The number of carbonyl (C=O) groups is 1. The lowest BCUT2D eigenvalue weighted by molar-refractivity contribution is -0.384. The minimum Gasteiger partial charge on any atom is -0.316 e. The Hall–Kier alpha value is -2.77. The summed E-state index contributed by atoms with van der Waals surface area (Å²) in [6, 6.07) is 2.82. The van der Waals surface area contributed by atoms with Gasteiger partial charge in [-0.15, -0.1) is 0 Å². The lowest BCUT2D eigenvalue weighted by Gasteiger charge is -2.04. The molecule has 0 aliphatic heterocycles. The van der Waals surface area contributed by atoms with Crippen molar-refractivity contribution in [2.24, 2.45) is 0 Å². The van der Waals surface area contributed by atoms with Crippen molar-refractivity contribution in [1.82, 2.24) is 10.2 Å². The van der Waals surface area contributed by atoms with Crippen molar-refractivity contribution < 1.29 is 14.1 Å². The van der Waals surface area contributed by atoms with Crippen LogP contribution in [0.2, 0.25) is 0 Å². The smallest absolute Gasteiger partial charge is 0.292 e. The third-order valence-corrected chi connectivity index (χ3v) is 2.16. The second-order valence-corrected chi connectivity index (χ2v) is 3.36. The number of hydrogen-bond acceptors (Lipinski definition) is 4. The summed E-state index contributed by atoms with van der Waals surface area (Å²) in [5.74, 6) is -1.29. The van der Waals surface area contributed by atoms with Gasteiger partial charge in [-0.2, -0.15) is 5.10 Å². The molecule has 0 spiro atoms. The Morgan fingerprint density at radius 1 is 1.50 bits per heavy atom. The molecule has 0 fully saturated rings. The molecule has 0 aliphatic carbocycles. The molecule has 1 aromatic carbocycles. The molecule has 1 amide bonds. The maximum Gasteiger partial charge on any atom is 0.292 e. The SMILES string of the molecule is O=C(Nc1cc(F)ccc1[N+](=O)[O-])c1cn[nH]c1. The van der Waals surface area contributed by atoms with Crippen LogP contribution in [0.15, 0.2) is 30.6 Å². The third kappa shape index (κ3) is 2.32. The predicted octanol–water partition coefficient (Wildman–Crippen LogP) is 1.71. The van der Waals surface area contributed by atoms with Gasteiger partial charge < -0.3 is 5.32 Å². The fourth-order valence-corrected chi connectivity index (χ4v) is 1.34. The minimum atomic E-state index is -0.704. The average molecular weight is 250 g/mol. The van der Waals surface area contributed by atoms with E-state index in [9.17, 15) is 19.3 Å². The standard InChI is InChI=1S/C10H7FN4O3/c11-7-1-2-9(15(17)18)8(3-7)14-10(16)6-4-12-13-5-6/h1-5H,(H,12,13)(H,14,16). The number of nitro benzene ring substituents is 1. The van der Waals surface area contributed by atoms with E-state index in [0.717, 1.165) is 18.2 Å². The van der Waals surface area contributed by atoms with Crippen molar-refractivity contribution in [3.05, 3.63) is 52.1 Å². The Balaban J connectivity index is 2.31. The van der Waals surface area contributed by atoms with Gasteiger partial charge in [-0.25, -0.2) is 4.39 Å². The highest BCUT2D eigenvalue weighted by Crippen LogP contribution is 2.25. The summed E-state index contributed by atoms with van der Waals surface area (Å²) in [6.45, 7) is 0. The minimum absolute atomic E-state index is 0.188. The molecule has 0 saturated carbocycles.